The molecule has 1 aromatic rings. The second-order valence-electron chi connectivity index (χ2n) is 10.7. The van der Waals surface area contributed by atoms with E-state index in [1.165, 1.54) is 26.4 Å². The van der Waals surface area contributed by atoms with Crippen LogP contribution in [0.15, 0.2) is 12.1 Å². The Morgan fingerprint density at radius 1 is 1.09 bits per heavy atom. The first-order valence-electron chi connectivity index (χ1n) is 12.2. The van der Waals surface area contributed by atoms with Crippen molar-refractivity contribution in [3.63, 3.8) is 0 Å². The molecule has 0 N–H and O–H groups in total. The van der Waals surface area contributed by atoms with Crippen LogP contribution in [0.2, 0.25) is 0 Å². The van der Waals surface area contributed by atoms with Gasteiger partial charge in [0.1, 0.15) is 11.4 Å². The highest BCUT2D eigenvalue weighted by Gasteiger charge is 2.48. The van der Waals surface area contributed by atoms with E-state index in [4.69, 9.17) is 8.92 Å². The number of fused-ring (bicyclic) bond motifs is 2. The molecule has 3 atom stereocenters. The molecule has 0 amide bonds. The minimum atomic E-state index is -4.02. The van der Waals surface area contributed by atoms with Crippen LogP contribution in [-0.4, -0.2) is 32.2 Å². The number of carbonyl (C=O) groups excluding carboxylic acids is 1. The number of rotatable bonds is 12. The fourth-order valence-electron chi connectivity index (χ4n) is 5.49. The summed E-state index contributed by atoms with van der Waals surface area (Å²) in [7, 11) is -2.78. The van der Waals surface area contributed by atoms with Crippen LogP contribution in [0.3, 0.4) is 0 Å². The van der Waals surface area contributed by atoms with Crippen LogP contribution in [0, 0.1) is 17.8 Å². The molecular formula is C25H38O8S2. The fourth-order valence-corrected chi connectivity index (χ4v) is 6.86. The van der Waals surface area contributed by atoms with Crippen LogP contribution in [-0.2, 0) is 29.1 Å². The molecule has 2 aliphatic carbocycles. The van der Waals surface area contributed by atoms with E-state index in [2.05, 4.69) is 14.3 Å². The molecule has 1 aromatic carbocycles. The van der Waals surface area contributed by atoms with Gasteiger partial charge in [0.05, 0.1) is 24.7 Å². The van der Waals surface area contributed by atoms with E-state index < -0.39 is 26.8 Å². The fraction of sp³-hybridized carbons (Fsp3) is 0.720. The van der Waals surface area contributed by atoms with Gasteiger partial charge in [0, 0.05) is 5.92 Å². The summed E-state index contributed by atoms with van der Waals surface area (Å²) in [6, 6.07) is 3.39. The van der Waals surface area contributed by atoms with Crippen molar-refractivity contribution in [2.24, 2.45) is 17.8 Å². The summed E-state index contributed by atoms with van der Waals surface area (Å²) in [5, 5.41) is 3.72. The minimum Gasteiger partial charge on any atom is -0.456 e. The van der Waals surface area contributed by atoms with Crippen LogP contribution >= 0.6 is 12.0 Å². The summed E-state index contributed by atoms with van der Waals surface area (Å²) in [5.74, 6) is 1.41. The van der Waals surface area contributed by atoms with Gasteiger partial charge in [-0.25, -0.2) is 9.68 Å². The lowest BCUT2D eigenvalue weighted by Gasteiger charge is -2.37. The summed E-state index contributed by atoms with van der Waals surface area (Å²) < 4.78 is 41.4. The first-order chi connectivity index (χ1) is 16.3. The molecule has 2 fully saturated rings. The van der Waals surface area contributed by atoms with Crippen LogP contribution < -0.4 is 4.18 Å². The van der Waals surface area contributed by atoms with Gasteiger partial charge in [0.25, 0.3) is 0 Å². The molecule has 35 heavy (non-hydrogen) atoms. The van der Waals surface area contributed by atoms with Crippen LogP contribution in [0.4, 0.5) is 0 Å². The zero-order valence-corrected chi connectivity index (χ0v) is 23.3. The van der Waals surface area contributed by atoms with Gasteiger partial charge in [-0.3, -0.25) is 0 Å². The highest BCUT2D eigenvalue weighted by molar-refractivity contribution is 8.08. The van der Waals surface area contributed by atoms with Gasteiger partial charge in [0.2, 0.25) is 0 Å². The minimum absolute atomic E-state index is 0.0928. The number of ether oxygens (including phenoxy) is 1. The third-order valence-electron chi connectivity index (χ3n) is 7.16. The first kappa shape index (κ1) is 28.2. The average Bonchev–Trinajstić information content (AvgIpc) is 3.40. The predicted molar refractivity (Wildman–Crippen MR) is 134 cm³/mol. The van der Waals surface area contributed by atoms with E-state index in [0.717, 1.165) is 12.3 Å². The second kappa shape index (κ2) is 11.4. The van der Waals surface area contributed by atoms with Gasteiger partial charge in [-0.05, 0) is 80.0 Å². The van der Waals surface area contributed by atoms with E-state index >= 15 is 0 Å². The quantitative estimate of drug-likeness (QED) is 0.0789. The molecular weight excluding hydrogens is 492 g/mol. The monoisotopic (exact) mass is 530 g/mol. The Bertz CT molecular complexity index is 974. The van der Waals surface area contributed by atoms with E-state index in [9.17, 15) is 13.2 Å². The zero-order valence-electron chi connectivity index (χ0n) is 21.7. The molecule has 0 spiro atoms. The van der Waals surface area contributed by atoms with E-state index in [1.54, 1.807) is 12.1 Å². The third kappa shape index (κ3) is 6.91. The van der Waals surface area contributed by atoms with Gasteiger partial charge < -0.3 is 8.92 Å². The topological polar surface area (TPSA) is 97.4 Å². The molecule has 3 rings (SSSR count). The van der Waals surface area contributed by atoms with Gasteiger partial charge >= 0.3 is 16.1 Å². The van der Waals surface area contributed by atoms with Gasteiger partial charge in [-0.2, -0.15) is 8.42 Å². The smallest absolute Gasteiger partial charge is 0.338 e. The Morgan fingerprint density at radius 3 is 2.20 bits per heavy atom. The van der Waals surface area contributed by atoms with Gasteiger partial charge in [0.15, 0.2) is 5.08 Å². The number of benzene rings is 1. The molecule has 2 aliphatic rings. The molecule has 0 aromatic heterocycles. The van der Waals surface area contributed by atoms with Crippen molar-refractivity contribution in [1.82, 2.24) is 0 Å². The van der Waals surface area contributed by atoms with E-state index in [0.29, 0.717) is 40.6 Å². The third-order valence-corrected chi connectivity index (χ3v) is 9.27. The van der Waals surface area contributed by atoms with Crippen LogP contribution in [0.25, 0.3) is 0 Å². The summed E-state index contributed by atoms with van der Waals surface area (Å²) in [4.78, 5) is 17.6. The molecule has 0 heterocycles. The summed E-state index contributed by atoms with van der Waals surface area (Å²) in [6.07, 6.45) is 4.85. The number of hydrogen-bond donors (Lipinski definition) is 0. The Morgan fingerprint density at radius 2 is 1.71 bits per heavy atom. The average molecular weight is 531 g/mol. The van der Waals surface area contributed by atoms with E-state index in [-0.39, 0.29) is 17.6 Å². The van der Waals surface area contributed by atoms with Crippen molar-refractivity contribution in [3.8, 4) is 5.75 Å². The zero-order chi connectivity index (χ0) is 26.0. The van der Waals surface area contributed by atoms with Crippen molar-refractivity contribution in [2.75, 3.05) is 12.2 Å². The van der Waals surface area contributed by atoms with E-state index in [1.807, 2.05) is 41.5 Å². The van der Waals surface area contributed by atoms with Crippen molar-refractivity contribution < 1.29 is 36.4 Å². The predicted octanol–water partition coefficient (Wildman–Crippen LogP) is 6.13. The maximum atomic E-state index is 13.3. The molecule has 3 unspecified atom stereocenters. The second-order valence-corrected chi connectivity index (χ2v) is 13.3. The Balaban J connectivity index is 1.86. The lowest BCUT2D eigenvalue weighted by molar-refractivity contribution is -0.447. The summed E-state index contributed by atoms with van der Waals surface area (Å²) in [5.41, 5.74) is 1.10. The number of carbonyl (C=O) groups is 1. The normalized spacial score (nSPS) is 22.3. The maximum Gasteiger partial charge on any atom is 0.338 e. The highest BCUT2D eigenvalue weighted by Crippen LogP contribution is 2.53. The van der Waals surface area contributed by atoms with Crippen molar-refractivity contribution in [1.29, 1.82) is 0 Å². The maximum absolute atomic E-state index is 13.3. The molecule has 0 saturated heterocycles. The Hall–Kier alpha value is -1.33. The first-order valence-corrected chi connectivity index (χ1v) is 14.7. The van der Waals surface area contributed by atoms with Gasteiger partial charge in [-0.15, -0.1) is 4.33 Å². The lowest BCUT2D eigenvalue weighted by atomic mass is 9.78. The molecule has 2 saturated carbocycles. The SMILES string of the molecule is COOOSCS(=O)(=O)Oc1c(C(C)C)cc(C(=O)OC(C)(C)C2CC3CCC2C3)cc1C(C)C. The molecule has 10 heteroatoms. The van der Waals surface area contributed by atoms with Crippen molar-refractivity contribution in [3.05, 3.63) is 28.8 Å². The number of hydrogen-bond acceptors (Lipinski definition) is 9. The summed E-state index contributed by atoms with van der Waals surface area (Å²) >= 11 is 0.530. The lowest BCUT2D eigenvalue weighted by Crippen LogP contribution is -2.39. The standard InChI is InChI=1S/C25H38O8S2/c1-15(2)20-12-19(24(26)30-25(5,6)22-11-17-8-9-18(22)10-17)13-21(16(3)4)23(20)31-35(27,28)14-34-33-32-29-7/h12-13,15-18,22H,8-11,14H2,1-7H3. The highest BCUT2D eigenvalue weighted by atomic mass is 32.3. The summed E-state index contributed by atoms with van der Waals surface area (Å²) in [6.45, 7) is 11.7. The Labute approximate surface area is 213 Å². The van der Waals surface area contributed by atoms with Crippen molar-refractivity contribution >= 4 is 28.1 Å². The molecule has 198 valence electrons. The van der Waals surface area contributed by atoms with Gasteiger partial charge in [-0.1, -0.05) is 39.2 Å². The molecule has 2 bridgehead atoms. The van der Waals surface area contributed by atoms with Crippen LogP contribution in [0.1, 0.15) is 101 Å². The number of esters is 1. The van der Waals surface area contributed by atoms with Crippen LogP contribution in [0.5, 0.6) is 5.75 Å². The molecule has 0 aliphatic heterocycles. The Kier molecular flexibility index (Phi) is 9.18. The van der Waals surface area contributed by atoms with Crippen molar-refractivity contribution in [2.45, 2.75) is 84.7 Å². The largest absolute Gasteiger partial charge is 0.456 e. The molecule has 0 radical (unpaired) electrons. The molecule has 8 nitrogen and oxygen atoms in total.